The maximum absolute atomic E-state index is 6.12. The van der Waals surface area contributed by atoms with Crippen molar-refractivity contribution >= 4 is 0 Å². The zero-order chi connectivity index (χ0) is 13.0. The van der Waals surface area contributed by atoms with Crippen molar-refractivity contribution in [2.24, 2.45) is 11.7 Å². The molecule has 18 heavy (non-hydrogen) atoms. The molecule has 1 unspecified atom stereocenters. The molecule has 0 amide bonds. The highest BCUT2D eigenvalue weighted by molar-refractivity contribution is 4.94. The zero-order valence-electron chi connectivity index (χ0n) is 11.4. The zero-order valence-corrected chi connectivity index (χ0v) is 11.4. The molecular formula is C13H24N4O. The van der Waals surface area contributed by atoms with Crippen molar-refractivity contribution in [2.45, 2.75) is 45.6 Å². The van der Waals surface area contributed by atoms with E-state index in [1.54, 1.807) is 0 Å². The summed E-state index contributed by atoms with van der Waals surface area (Å²) in [5.74, 6) is 2.02. The molecule has 1 aliphatic heterocycles. The van der Waals surface area contributed by atoms with Crippen LogP contribution in [-0.4, -0.2) is 34.7 Å². The number of aryl methyl sites for hydroxylation is 1. The lowest BCUT2D eigenvalue weighted by Gasteiger charge is -2.17. The summed E-state index contributed by atoms with van der Waals surface area (Å²) in [6.07, 6.45) is 4.47. The number of aromatic nitrogens is 2. The molecule has 0 radical (unpaired) electrons. The van der Waals surface area contributed by atoms with Crippen LogP contribution in [0.4, 0.5) is 0 Å². The van der Waals surface area contributed by atoms with Gasteiger partial charge in [-0.15, -0.1) is 0 Å². The van der Waals surface area contributed by atoms with Crippen molar-refractivity contribution in [1.82, 2.24) is 15.0 Å². The van der Waals surface area contributed by atoms with Crippen molar-refractivity contribution in [3.63, 3.8) is 0 Å². The summed E-state index contributed by atoms with van der Waals surface area (Å²) in [5, 5.41) is 4.00. The second-order valence-electron chi connectivity index (χ2n) is 5.59. The standard InChI is InChI=1S/C13H24N4O/c1-10(2)5-6-12-15-13(16-18-12)11(14)9-17-7-3-4-8-17/h10-11H,3-9,14H2,1-2H3. The molecule has 1 aliphatic rings. The summed E-state index contributed by atoms with van der Waals surface area (Å²) in [4.78, 5) is 6.76. The van der Waals surface area contributed by atoms with Gasteiger partial charge in [0.25, 0.3) is 0 Å². The first kappa shape index (κ1) is 13.5. The van der Waals surface area contributed by atoms with Gasteiger partial charge >= 0.3 is 0 Å². The molecule has 5 heteroatoms. The summed E-state index contributed by atoms with van der Waals surface area (Å²) in [7, 11) is 0. The predicted molar refractivity (Wildman–Crippen MR) is 70.1 cm³/mol. The van der Waals surface area contributed by atoms with Gasteiger partial charge in [0.2, 0.25) is 5.89 Å². The summed E-state index contributed by atoms with van der Waals surface area (Å²) >= 11 is 0. The van der Waals surface area contributed by atoms with Gasteiger partial charge in [0.05, 0.1) is 6.04 Å². The van der Waals surface area contributed by atoms with E-state index in [0.29, 0.717) is 11.7 Å². The van der Waals surface area contributed by atoms with Gasteiger partial charge in [-0.1, -0.05) is 19.0 Å². The second-order valence-corrected chi connectivity index (χ2v) is 5.59. The van der Waals surface area contributed by atoms with E-state index in [-0.39, 0.29) is 6.04 Å². The molecule has 1 fully saturated rings. The second kappa shape index (κ2) is 6.29. The van der Waals surface area contributed by atoms with E-state index < -0.39 is 0 Å². The van der Waals surface area contributed by atoms with Crippen molar-refractivity contribution in [1.29, 1.82) is 0 Å². The first-order valence-electron chi connectivity index (χ1n) is 6.95. The summed E-state index contributed by atoms with van der Waals surface area (Å²) < 4.78 is 5.24. The number of likely N-dealkylation sites (tertiary alicyclic amines) is 1. The predicted octanol–water partition coefficient (Wildman–Crippen LogP) is 1.75. The lowest BCUT2D eigenvalue weighted by atomic mass is 10.1. The molecule has 0 saturated carbocycles. The van der Waals surface area contributed by atoms with Gasteiger partial charge in [-0.3, -0.25) is 0 Å². The molecule has 1 atom stereocenters. The van der Waals surface area contributed by atoms with Crippen molar-refractivity contribution in [3.05, 3.63) is 11.7 Å². The molecular weight excluding hydrogens is 228 g/mol. The SMILES string of the molecule is CC(C)CCc1nc(C(N)CN2CCCC2)no1. The molecule has 1 aromatic heterocycles. The molecule has 0 bridgehead atoms. The topological polar surface area (TPSA) is 68.2 Å². The molecule has 0 aromatic carbocycles. The summed E-state index contributed by atoms with van der Waals surface area (Å²) in [5.41, 5.74) is 6.12. The number of rotatable bonds is 6. The first-order valence-corrected chi connectivity index (χ1v) is 6.95. The Morgan fingerprint density at radius 2 is 2.06 bits per heavy atom. The van der Waals surface area contributed by atoms with Crippen LogP contribution in [0.2, 0.25) is 0 Å². The van der Waals surface area contributed by atoms with Crippen molar-refractivity contribution < 1.29 is 4.52 Å². The minimum Gasteiger partial charge on any atom is -0.339 e. The van der Waals surface area contributed by atoms with Gasteiger partial charge in [-0.2, -0.15) is 4.98 Å². The third-order valence-electron chi connectivity index (χ3n) is 3.40. The van der Waals surface area contributed by atoms with Crippen LogP contribution in [0.1, 0.15) is 50.9 Å². The Morgan fingerprint density at radius 1 is 1.33 bits per heavy atom. The normalized spacial score (nSPS) is 18.7. The average Bonchev–Trinajstić information content (AvgIpc) is 2.96. The first-order chi connectivity index (χ1) is 8.65. The molecule has 2 heterocycles. The Hall–Kier alpha value is -0.940. The lowest BCUT2D eigenvalue weighted by Crippen LogP contribution is -2.30. The van der Waals surface area contributed by atoms with E-state index in [9.17, 15) is 0 Å². The summed E-state index contributed by atoms with van der Waals surface area (Å²) in [6.45, 7) is 7.51. The number of hydrogen-bond donors (Lipinski definition) is 1. The van der Waals surface area contributed by atoms with Crippen LogP contribution in [0.5, 0.6) is 0 Å². The number of nitrogens with zero attached hydrogens (tertiary/aromatic N) is 3. The van der Waals surface area contributed by atoms with E-state index in [0.717, 1.165) is 38.4 Å². The fourth-order valence-electron chi connectivity index (χ4n) is 2.26. The van der Waals surface area contributed by atoms with Crippen LogP contribution in [0.15, 0.2) is 4.52 Å². The van der Waals surface area contributed by atoms with Crippen LogP contribution >= 0.6 is 0 Å². The van der Waals surface area contributed by atoms with Gasteiger partial charge in [-0.05, 0) is 38.3 Å². The monoisotopic (exact) mass is 252 g/mol. The molecule has 2 N–H and O–H groups in total. The molecule has 102 valence electrons. The number of nitrogens with two attached hydrogens (primary N) is 1. The number of hydrogen-bond acceptors (Lipinski definition) is 5. The Labute approximate surface area is 109 Å². The fraction of sp³-hybridized carbons (Fsp3) is 0.846. The van der Waals surface area contributed by atoms with Crippen LogP contribution in [0, 0.1) is 5.92 Å². The Kier molecular flexibility index (Phi) is 4.72. The average molecular weight is 252 g/mol. The van der Waals surface area contributed by atoms with Gasteiger partial charge < -0.3 is 15.2 Å². The van der Waals surface area contributed by atoms with E-state index in [2.05, 4.69) is 28.9 Å². The largest absolute Gasteiger partial charge is 0.339 e. The molecule has 1 saturated heterocycles. The van der Waals surface area contributed by atoms with Crippen LogP contribution < -0.4 is 5.73 Å². The Balaban J connectivity index is 1.84. The molecule has 2 rings (SSSR count). The third-order valence-corrected chi connectivity index (χ3v) is 3.40. The third kappa shape index (κ3) is 3.78. The maximum atomic E-state index is 6.12. The highest BCUT2D eigenvalue weighted by Crippen LogP contribution is 2.14. The van der Waals surface area contributed by atoms with E-state index in [1.165, 1.54) is 12.8 Å². The van der Waals surface area contributed by atoms with Crippen molar-refractivity contribution in [2.75, 3.05) is 19.6 Å². The van der Waals surface area contributed by atoms with E-state index in [4.69, 9.17) is 10.3 Å². The Morgan fingerprint density at radius 3 is 2.72 bits per heavy atom. The van der Waals surface area contributed by atoms with Crippen molar-refractivity contribution in [3.8, 4) is 0 Å². The minimum absolute atomic E-state index is 0.125. The molecule has 5 nitrogen and oxygen atoms in total. The lowest BCUT2D eigenvalue weighted by molar-refractivity contribution is 0.304. The summed E-state index contributed by atoms with van der Waals surface area (Å²) in [6, 6.07) is -0.125. The minimum atomic E-state index is -0.125. The van der Waals surface area contributed by atoms with E-state index >= 15 is 0 Å². The highest BCUT2D eigenvalue weighted by atomic mass is 16.5. The molecule has 1 aromatic rings. The Bertz CT molecular complexity index is 358. The van der Waals surface area contributed by atoms with Crippen LogP contribution in [0.3, 0.4) is 0 Å². The smallest absolute Gasteiger partial charge is 0.226 e. The highest BCUT2D eigenvalue weighted by Gasteiger charge is 2.19. The van der Waals surface area contributed by atoms with Crippen LogP contribution in [-0.2, 0) is 6.42 Å². The fourth-order valence-corrected chi connectivity index (χ4v) is 2.26. The molecule has 0 aliphatic carbocycles. The van der Waals surface area contributed by atoms with Gasteiger partial charge in [0, 0.05) is 13.0 Å². The van der Waals surface area contributed by atoms with Gasteiger partial charge in [0.15, 0.2) is 5.82 Å². The van der Waals surface area contributed by atoms with E-state index in [1.807, 2.05) is 0 Å². The van der Waals surface area contributed by atoms with Gasteiger partial charge in [0.1, 0.15) is 0 Å². The maximum Gasteiger partial charge on any atom is 0.226 e. The molecule has 0 spiro atoms. The van der Waals surface area contributed by atoms with Gasteiger partial charge in [-0.25, -0.2) is 0 Å². The van der Waals surface area contributed by atoms with Crippen LogP contribution in [0.25, 0.3) is 0 Å². The quantitative estimate of drug-likeness (QED) is 0.835.